The van der Waals surface area contributed by atoms with Crippen LogP contribution in [0.15, 0.2) is 29.0 Å². The summed E-state index contributed by atoms with van der Waals surface area (Å²) in [5.74, 6) is 0.760. The second-order valence-corrected chi connectivity index (χ2v) is 3.18. The van der Waals surface area contributed by atoms with E-state index in [9.17, 15) is 0 Å². The highest BCUT2D eigenvalue weighted by molar-refractivity contribution is 9.10. The highest BCUT2D eigenvalue weighted by atomic mass is 79.9. The van der Waals surface area contributed by atoms with Crippen molar-refractivity contribution < 1.29 is 0 Å². The van der Waals surface area contributed by atoms with Gasteiger partial charge in [-0.3, -0.25) is 0 Å². The van der Waals surface area contributed by atoms with Gasteiger partial charge in [-0.1, -0.05) is 18.2 Å². The quantitative estimate of drug-likeness (QED) is 0.608. The molecule has 0 unspecified atom stereocenters. The van der Waals surface area contributed by atoms with Crippen LogP contribution in [0.5, 0.6) is 0 Å². The summed E-state index contributed by atoms with van der Waals surface area (Å²) in [6.45, 7) is 0. The lowest BCUT2D eigenvalue weighted by Gasteiger charge is -1.91. The average molecular weight is 230 g/mol. The Morgan fingerprint density at radius 3 is 2.91 bits per heavy atom. The third-order valence-electron chi connectivity index (χ3n) is 1.17. The summed E-state index contributed by atoms with van der Waals surface area (Å²) in [6.07, 6.45) is 5.78. The van der Waals surface area contributed by atoms with Crippen molar-refractivity contribution in [2.24, 2.45) is 0 Å². The second-order valence-electron chi connectivity index (χ2n) is 2.00. The smallest absolute Gasteiger partial charge is 0.106 e. The molecule has 0 aliphatic heterocycles. The number of halogens is 1. The van der Waals surface area contributed by atoms with Gasteiger partial charge in [0, 0.05) is 11.9 Å². The Morgan fingerprint density at radius 2 is 2.36 bits per heavy atom. The van der Waals surface area contributed by atoms with E-state index in [1.807, 2.05) is 30.5 Å². The van der Waals surface area contributed by atoms with Crippen LogP contribution in [-0.4, -0.2) is 10.7 Å². The van der Waals surface area contributed by atoms with Gasteiger partial charge in [0.15, 0.2) is 0 Å². The maximum Gasteiger partial charge on any atom is 0.106 e. The van der Waals surface area contributed by atoms with E-state index in [0.717, 1.165) is 15.9 Å². The van der Waals surface area contributed by atoms with Crippen molar-refractivity contribution in [3.63, 3.8) is 0 Å². The Bertz CT molecular complexity index is 243. The molecule has 0 aliphatic carbocycles. The molecule has 11 heavy (non-hydrogen) atoms. The number of hydrogen-bond acceptors (Lipinski definition) is 2. The van der Waals surface area contributed by atoms with E-state index in [4.69, 9.17) is 0 Å². The topological polar surface area (TPSA) is 12.9 Å². The number of thiol groups is 1. The standard InChI is InChI=1S/C8H8BrNS/c9-8-4-3-7(6-10-8)2-1-5-11/h1-4,6,11H,5H2. The molecule has 0 N–H and O–H groups in total. The molecule has 0 saturated heterocycles. The zero-order valence-corrected chi connectivity index (χ0v) is 8.35. The highest BCUT2D eigenvalue weighted by Gasteiger charge is 1.86. The minimum atomic E-state index is 0.760. The van der Waals surface area contributed by atoms with Crippen molar-refractivity contribution in [1.29, 1.82) is 0 Å². The summed E-state index contributed by atoms with van der Waals surface area (Å²) in [7, 11) is 0. The molecule has 1 nitrogen and oxygen atoms in total. The van der Waals surface area contributed by atoms with Crippen molar-refractivity contribution in [3.05, 3.63) is 34.6 Å². The lowest BCUT2D eigenvalue weighted by Crippen LogP contribution is -1.76. The fraction of sp³-hybridized carbons (Fsp3) is 0.125. The maximum atomic E-state index is 4.07. The lowest BCUT2D eigenvalue weighted by atomic mass is 10.3. The van der Waals surface area contributed by atoms with Crippen molar-refractivity contribution in [3.8, 4) is 0 Å². The van der Waals surface area contributed by atoms with Crippen LogP contribution in [0.25, 0.3) is 6.08 Å². The van der Waals surface area contributed by atoms with Gasteiger partial charge in [0.1, 0.15) is 4.60 Å². The molecule has 3 heteroatoms. The molecule has 0 saturated carbocycles. The van der Waals surface area contributed by atoms with E-state index in [1.54, 1.807) is 0 Å². The summed E-state index contributed by atoms with van der Waals surface area (Å²) in [5, 5.41) is 0. The first-order valence-corrected chi connectivity index (χ1v) is 4.64. The molecule has 0 amide bonds. The first kappa shape index (κ1) is 8.81. The van der Waals surface area contributed by atoms with E-state index in [-0.39, 0.29) is 0 Å². The Hall–Kier alpha value is -0.280. The Labute approximate surface area is 80.1 Å². The van der Waals surface area contributed by atoms with Crippen LogP contribution in [0.4, 0.5) is 0 Å². The molecule has 0 radical (unpaired) electrons. The molecular formula is C8H8BrNS. The van der Waals surface area contributed by atoms with Crippen molar-refractivity contribution in [2.45, 2.75) is 0 Å². The number of nitrogens with zero attached hydrogens (tertiary/aromatic N) is 1. The third-order valence-corrected chi connectivity index (χ3v) is 1.85. The van der Waals surface area contributed by atoms with Gasteiger partial charge in [-0.05, 0) is 27.6 Å². The van der Waals surface area contributed by atoms with Gasteiger partial charge < -0.3 is 0 Å². The highest BCUT2D eigenvalue weighted by Crippen LogP contribution is 2.07. The lowest BCUT2D eigenvalue weighted by molar-refractivity contribution is 1.27. The van der Waals surface area contributed by atoms with Crippen LogP contribution in [0.3, 0.4) is 0 Å². The van der Waals surface area contributed by atoms with E-state index in [1.165, 1.54) is 0 Å². The molecule has 0 aromatic carbocycles. The monoisotopic (exact) mass is 229 g/mol. The van der Waals surface area contributed by atoms with Gasteiger partial charge in [0.2, 0.25) is 0 Å². The average Bonchev–Trinajstić information content (AvgIpc) is 2.04. The van der Waals surface area contributed by atoms with Gasteiger partial charge >= 0.3 is 0 Å². The summed E-state index contributed by atoms with van der Waals surface area (Å²) < 4.78 is 0.862. The second kappa shape index (κ2) is 4.57. The minimum absolute atomic E-state index is 0.760. The number of aromatic nitrogens is 1. The molecule has 1 aromatic rings. The number of rotatable bonds is 2. The summed E-state index contributed by atoms with van der Waals surface area (Å²) >= 11 is 7.32. The molecule has 0 atom stereocenters. The van der Waals surface area contributed by atoms with Gasteiger partial charge in [-0.25, -0.2) is 4.98 Å². The van der Waals surface area contributed by atoms with Gasteiger partial charge in [0.05, 0.1) is 0 Å². The van der Waals surface area contributed by atoms with Crippen LogP contribution in [0.1, 0.15) is 5.56 Å². The van der Waals surface area contributed by atoms with Crippen LogP contribution in [0, 0.1) is 0 Å². The van der Waals surface area contributed by atoms with Gasteiger partial charge in [0.25, 0.3) is 0 Å². The minimum Gasteiger partial charge on any atom is -0.249 e. The first-order valence-electron chi connectivity index (χ1n) is 3.22. The molecular weight excluding hydrogens is 222 g/mol. The normalized spacial score (nSPS) is 10.7. The molecule has 1 aromatic heterocycles. The van der Waals surface area contributed by atoms with E-state index in [2.05, 4.69) is 33.5 Å². The molecule has 0 aliphatic rings. The van der Waals surface area contributed by atoms with Crippen molar-refractivity contribution in [2.75, 3.05) is 5.75 Å². The zero-order valence-electron chi connectivity index (χ0n) is 5.87. The molecule has 0 spiro atoms. The predicted octanol–water partition coefficient (Wildman–Crippen LogP) is 2.79. The molecule has 0 fully saturated rings. The Morgan fingerprint density at radius 1 is 1.55 bits per heavy atom. The maximum absolute atomic E-state index is 4.07. The zero-order chi connectivity index (χ0) is 8.10. The van der Waals surface area contributed by atoms with Crippen LogP contribution in [0.2, 0.25) is 0 Å². The summed E-state index contributed by atoms with van der Waals surface area (Å²) in [4.78, 5) is 4.07. The van der Waals surface area contributed by atoms with Gasteiger partial charge in [-0.15, -0.1) is 0 Å². The van der Waals surface area contributed by atoms with Crippen molar-refractivity contribution in [1.82, 2.24) is 4.98 Å². The molecule has 0 bridgehead atoms. The largest absolute Gasteiger partial charge is 0.249 e. The number of hydrogen-bond donors (Lipinski definition) is 1. The summed E-state index contributed by atoms with van der Waals surface area (Å²) in [6, 6.07) is 3.91. The fourth-order valence-electron chi connectivity index (χ4n) is 0.675. The Kier molecular flexibility index (Phi) is 3.66. The SMILES string of the molecule is SCC=Cc1ccc(Br)nc1. The third kappa shape index (κ3) is 3.08. The van der Waals surface area contributed by atoms with E-state index >= 15 is 0 Å². The predicted molar refractivity (Wildman–Crippen MR) is 54.8 cm³/mol. The first-order chi connectivity index (χ1) is 5.33. The molecule has 58 valence electrons. The van der Waals surface area contributed by atoms with Crippen LogP contribution < -0.4 is 0 Å². The number of pyridine rings is 1. The van der Waals surface area contributed by atoms with Gasteiger partial charge in [-0.2, -0.15) is 12.6 Å². The summed E-state index contributed by atoms with van der Waals surface area (Å²) in [5.41, 5.74) is 1.10. The van der Waals surface area contributed by atoms with Crippen molar-refractivity contribution >= 4 is 34.6 Å². The van der Waals surface area contributed by atoms with E-state index < -0.39 is 0 Å². The van der Waals surface area contributed by atoms with Crippen LogP contribution in [-0.2, 0) is 0 Å². The Balaban J connectivity index is 2.73. The molecule has 1 rings (SSSR count). The van der Waals surface area contributed by atoms with Crippen LogP contribution >= 0.6 is 28.6 Å². The fourth-order valence-corrected chi connectivity index (χ4v) is 1.01. The van der Waals surface area contributed by atoms with E-state index in [0.29, 0.717) is 0 Å². The molecule has 1 heterocycles.